The smallest absolute Gasteiger partial charge is 0.245 e. The number of ether oxygens (including phenoxy) is 2. The van der Waals surface area contributed by atoms with Gasteiger partial charge in [-0.1, -0.05) is 6.58 Å². The maximum atomic E-state index is 11.8. The summed E-state index contributed by atoms with van der Waals surface area (Å²) in [6.07, 6.45) is 7.61. The van der Waals surface area contributed by atoms with E-state index in [9.17, 15) is 4.79 Å². The second kappa shape index (κ2) is 10.4. The van der Waals surface area contributed by atoms with Gasteiger partial charge in [-0.15, -0.1) is 0 Å². The first-order valence-corrected chi connectivity index (χ1v) is 12.6. The van der Waals surface area contributed by atoms with Crippen molar-refractivity contribution in [2.24, 2.45) is 0 Å². The molecule has 1 amide bonds. The van der Waals surface area contributed by atoms with Crippen LogP contribution in [0, 0.1) is 6.92 Å². The zero-order valence-corrected chi connectivity index (χ0v) is 21.3. The standard InChI is InChI=1S/C28H26N8O3/c1-3-26(37)35-11-8-20(9-12-35)39-25-7-5-22-27(34-25)28(31-16-29-22)33-19-4-6-23(18(2)14-19)38-21-10-13-36-24(15-21)30-17-32-36/h3-7,10,13-17,20H,1,8-9,11-12H2,2H3,(H,29,31,33). The Morgan fingerprint density at radius 2 is 1.95 bits per heavy atom. The number of anilines is 2. The number of carbonyl (C=O) groups is 1. The quantitative estimate of drug-likeness (QED) is 0.309. The Balaban J connectivity index is 1.17. The van der Waals surface area contributed by atoms with Crippen LogP contribution in [0.2, 0.25) is 0 Å². The first-order valence-electron chi connectivity index (χ1n) is 12.6. The lowest BCUT2D eigenvalue weighted by atomic mass is 10.1. The Kier molecular flexibility index (Phi) is 6.45. The molecule has 4 aromatic heterocycles. The summed E-state index contributed by atoms with van der Waals surface area (Å²) in [6.45, 7) is 6.80. The van der Waals surface area contributed by atoms with Gasteiger partial charge in [0.1, 0.15) is 35.8 Å². The monoisotopic (exact) mass is 522 g/mol. The highest BCUT2D eigenvalue weighted by atomic mass is 16.5. The molecule has 1 aromatic carbocycles. The third kappa shape index (κ3) is 5.19. The number of likely N-dealkylation sites (tertiary alicyclic amines) is 1. The molecule has 1 saturated heterocycles. The summed E-state index contributed by atoms with van der Waals surface area (Å²) in [5.41, 5.74) is 3.79. The molecule has 196 valence electrons. The number of hydrogen-bond donors (Lipinski definition) is 1. The van der Waals surface area contributed by atoms with Crippen molar-refractivity contribution in [1.29, 1.82) is 0 Å². The van der Waals surface area contributed by atoms with Crippen LogP contribution in [0.4, 0.5) is 11.5 Å². The molecular formula is C28H26N8O3. The number of nitrogens with one attached hydrogen (secondary N) is 1. The maximum Gasteiger partial charge on any atom is 0.245 e. The first kappa shape index (κ1) is 24.3. The van der Waals surface area contributed by atoms with Gasteiger partial charge in [0.25, 0.3) is 0 Å². The molecule has 1 aliphatic heterocycles. The number of benzene rings is 1. The van der Waals surface area contributed by atoms with Gasteiger partial charge >= 0.3 is 0 Å². The topological polar surface area (TPSA) is 120 Å². The summed E-state index contributed by atoms with van der Waals surface area (Å²) in [4.78, 5) is 31.3. The highest BCUT2D eigenvalue weighted by molar-refractivity contribution is 5.87. The van der Waals surface area contributed by atoms with Crippen molar-refractivity contribution in [1.82, 2.24) is 34.4 Å². The summed E-state index contributed by atoms with van der Waals surface area (Å²) in [7, 11) is 0. The van der Waals surface area contributed by atoms with Crippen LogP contribution < -0.4 is 14.8 Å². The molecule has 1 N–H and O–H groups in total. The van der Waals surface area contributed by atoms with Crippen molar-refractivity contribution in [2.45, 2.75) is 25.9 Å². The first-order chi connectivity index (χ1) is 19.1. The molecule has 11 nitrogen and oxygen atoms in total. The number of hydrogen-bond acceptors (Lipinski definition) is 9. The van der Waals surface area contributed by atoms with Gasteiger partial charge < -0.3 is 19.7 Å². The van der Waals surface area contributed by atoms with Crippen molar-refractivity contribution in [3.05, 3.63) is 79.5 Å². The number of fused-ring (bicyclic) bond motifs is 2. The second-order valence-electron chi connectivity index (χ2n) is 9.22. The number of pyridine rings is 2. The number of nitrogens with zero attached hydrogens (tertiary/aromatic N) is 7. The molecular weight excluding hydrogens is 496 g/mol. The number of carbonyl (C=O) groups excluding carboxylic acids is 1. The number of amides is 1. The van der Waals surface area contributed by atoms with Gasteiger partial charge in [-0.25, -0.2) is 24.5 Å². The van der Waals surface area contributed by atoms with E-state index >= 15 is 0 Å². The molecule has 11 heteroatoms. The normalized spacial score (nSPS) is 13.9. The average Bonchev–Trinajstić information content (AvgIpc) is 3.43. The number of aromatic nitrogens is 6. The van der Waals surface area contributed by atoms with E-state index < -0.39 is 0 Å². The third-order valence-corrected chi connectivity index (χ3v) is 6.59. The minimum atomic E-state index is -0.0478. The van der Waals surface area contributed by atoms with Crippen LogP contribution in [0.5, 0.6) is 17.4 Å². The molecule has 0 aliphatic carbocycles. The molecule has 39 heavy (non-hydrogen) atoms. The summed E-state index contributed by atoms with van der Waals surface area (Å²) in [5, 5.41) is 7.46. The lowest BCUT2D eigenvalue weighted by Crippen LogP contribution is -2.41. The van der Waals surface area contributed by atoms with Crippen molar-refractivity contribution in [2.75, 3.05) is 18.4 Å². The van der Waals surface area contributed by atoms with Crippen molar-refractivity contribution in [3.8, 4) is 17.4 Å². The summed E-state index contributed by atoms with van der Waals surface area (Å²) in [6, 6.07) is 13.2. The Bertz CT molecular complexity index is 1680. The lowest BCUT2D eigenvalue weighted by molar-refractivity contribution is -0.127. The Morgan fingerprint density at radius 1 is 1.08 bits per heavy atom. The van der Waals surface area contributed by atoms with E-state index in [-0.39, 0.29) is 12.0 Å². The van der Waals surface area contributed by atoms with Crippen LogP contribution >= 0.6 is 0 Å². The molecule has 5 heterocycles. The third-order valence-electron chi connectivity index (χ3n) is 6.59. The molecule has 0 unspecified atom stereocenters. The molecule has 1 aliphatic rings. The van der Waals surface area contributed by atoms with Gasteiger partial charge in [-0.2, -0.15) is 5.10 Å². The number of rotatable bonds is 7. The SMILES string of the molecule is C=CC(=O)N1CCC(Oc2ccc3ncnc(Nc4ccc(Oc5ccn6ncnc6c5)c(C)c4)c3n2)CC1. The largest absolute Gasteiger partial charge is 0.474 e. The predicted octanol–water partition coefficient (Wildman–Crippen LogP) is 4.47. The maximum absolute atomic E-state index is 11.8. The molecule has 6 rings (SSSR count). The predicted molar refractivity (Wildman–Crippen MR) is 145 cm³/mol. The Labute approximate surface area is 224 Å². The molecule has 0 radical (unpaired) electrons. The highest BCUT2D eigenvalue weighted by Gasteiger charge is 2.23. The summed E-state index contributed by atoms with van der Waals surface area (Å²) >= 11 is 0. The number of piperidine rings is 1. The molecule has 0 saturated carbocycles. The lowest BCUT2D eigenvalue weighted by Gasteiger charge is -2.31. The zero-order valence-electron chi connectivity index (χ0n) is 21.3. The van der Waals surface area contributed by atoms with E-state index in [0.29, 0.717) is 47.2 Å². The fourth-order valence-corrected chi connectivity index (χ4v) is 4.54. The van der Waals surface area contributed by atoms with Crippen LogP contribution in [0.1, 0.15) is 18.4 Å². The van der Waals surface area contributed by atoms with Crippen molar-refractivity contribution < 1.29 is 14.3 Å². The van der Waals surface area contributed by atoms with Crippen LogP contribution in [0.25, 0.3) is 16.7 Å². The van der Waals surface area contributed by atoms with Gasteiger partial charge in [-0.3, -0.25) is 4.79 Å². The van der Waals surface area contributed by atoms with Gasteiger partial charge in [0, 0.05) is 49.9 Å². The highest BCUT2D eigenvalue weighted by Crippen LogP contribution is 2.30. The van der Waals surface area contributed by atoms with Gasteiger partial charge in [0.05, 0.1) is 5.52 Å². The second-order valence-corrected chi connectivity index (χ2v) is 9.22. The Morgan fingerprint density at radius 3 is 2.77 bits per heavy atom. The minimum absolute atomic E-state index is 0.0227. The van der Waals surface area contributed by atoms with E-state index in [1.54, 1.807) is 15.6 Å². The molecule has 0 atom stereocenters. The summed E-state index contributed by atoms with van der Waals surface area (Å²) in [5.74, 6) is 2.43. The number of aryl methyl sites for hydroxylation is 1. The minimum Gasteiger partial charge on any atom is -0.474 e. The van der Waals surface area contributed by atoms with Gasteiger partial charge in [0.2, 0.25) is 11.8 Å². The van der Waals surface area contributed by atoms with E-state index in [1.165, 1.54) is 18.7 Å². The van der Waals surface area contributed by atoms with E-state index in [0.717, 1.165) is 29.8 Å². The summed E-state index contributed by atoms with van der Waals surface area (Å²) < 4.78 is 13.9. The zero-order chi connectivity index (χ0) is 26.8. The van der Waals surface area contributed by atoms with Crippen LogP contribution in [-0.4, -0.2) is 59.6 Å². The van der Waals surface area contributed by atoms with E-state index in [4.69, 9.17) is 14.5 Å². The van der Waals surface area contributed by atoms with Gasteiger partial charge in [-0.05, 0) is 48.9 Å². The van der Waals surface area contributed by atoms with E-state index in [1.807, 2.05) is 49.4 Å². The molecule has 1 fully saturated rings. The van der Waals surface area contributed by atoms with Crippen molar-refractivity contribution in [3.63, 3.8) is 0 Å². The van der Waals surface area contributed by atoms with E-state index in [2.05, 4.69) is 31.9 Å². The fourth-order valence-electron chi connectivity index (χ4n) is 4.54. The Hall–Kier alpha value is -5.06. The van der Waals surface area contributed by atoms with Crippen molar-refractivity contribution >= 4 is 34.1 Å². The van der Waals surface area contributed by atoms with Gasteiger partial charge in [0.15, 0.2) is 11.5 Å². The van der Waals surface area contributed by atoms with Crippen LogP contribution in [0.3, 0.4) is 0 Å². The van der Waals surface area contributed by atoms with Crippen LogP contribution in [0.15, 0.2) is 74.0 Å². The molecule has 5 aromatic rings. The van der Waals surface area contributed by atoms with Crippen LogP contribution in [-0.2, 0) is 4.79 Å². The average molecular weight is 523 g/mol. The fraction of sp³-hybridized carbons (Fsp3) is 0.214. The molecule has 0 spiro atoms. The molecule has 0 bridgehead atoms.